The van der Waals surface area contributed by atoms with E-state index in [1.54, 1.807) is 52.1 Å². The van der Waals surface area contributed by atoms with E-state index in [0.29, 0.717) is 24.3 Å². The van der Waals surface area contributed by atoms with E-state index < -0.39 is 65.7 Å². The molecule has 1 aromatic carbocycles. The molecule has 288 valence electrons. The minimum atomic E-state index is -1.82. The largest absolute Gasteiger partial charge is 0.495 e. The molecule has 2 saturated heterocycles. The van der Waals surface area contributed by atoms with Crippen LogP contribution in [0.4, 0.5) is 10.5 Å². The summed E-state index contributed by atoms with van der Waals surface area (Å²) in [6.45, 7) is 8.88. The number of anilines is 1. The Balaban J connectivity index is 1.75. The lowest BCUT2D eigenvalue weighted by atomic mass is 9.83. The Morgan fingerprint density at radius 2 is 1.94 bits per heavy atom. The van der Waals surface area contributed by atoms with Crippen LogP contribution in [0, 0.1) is 5.92 Å². The fourth-order valence-electron chi connectivity index (χ4n) is 6.73. The second kappa shape index (κ2) is 16.8. The van der Waals surface area contributed by atoms with Gasteiger partial charge in [-0.05, 0) is 56.6 Å². The van der Waals surface area contributed by atoms with Crippen molar-refractivity contribution in [2.24, 2.45) is 5.92 Å². The zero-order valence-corrected chi connectivity index (χ0v) is 33.0. The van der Waals surface area contributed by atoms with Gasteiger partial charge in [0.2, 0.25) is 11.8 Å². The van der Waals surface area contributed by atoms with Crippen LogP contribution in [0.1, 0.15) is 65.9 Å². The number of ether oxygens (including phenoxy) is 5. The number of epoxide rings is 1. The topological polar surface area (TPSA) is 156 Å². The van der Waals surface area contributed by atoms with E-state index in [2.05, 4.69) is 17.9 Å². The first-order valence-electron chi connectivity index (χ1n) is 17.4. The number of nitrogens with one attached hydrogen (secondary N) is 1. The molecule has 13 nitrogen and oxygen atoms in total. The summed E-state index contributed by atoms with van der Waals surface area (Å²) >= 11 is 11.1. The summed E-state index contributed by atoms with van der Waals surface area (Å²) in [5, 5.41) is 14.5. The SMILES string of the molecule is COc1cc2cc(c1Cl)N(C)C(=O)C[C@@H](OC(=O)[C@H](C)N(C)C(=O)CCC(C)S)[C@]1(C)O[C@H]1[C@H](C)[C@@H]1C[C@@](O)(NC(=O)O1)[C@H](OC)/C=C/C=C(\C)C2. The van der Waals surface area contributed by atoms with Gasteiger partial charge in [0.15, 0.2) is 5.72 Å². The van der Waals surface area contributed by atoms with Crippen molar-refractivity contribution in [2.75, 3.05) is 33.2 Å². The van der Waals surface area contributed by atoms with Crippen LogP contribution in [0.15, 0.2) is 35.9 Å². The molecule has 1 aromatic rings. The van der Waals surface area contributed by atoms with Gasteiger partial charge in [0.1, 0.15) is 40.7 Å². The molecule has 52 heavy (non-hydrogen) atoms. The predicted octanol–water partition coefficient (Wildman–Crippen LogP) is 4.61. The van der Waals surface area contributed by atoms with Gasteiger partial charge in [-0.1, -0.05) is 49.2 Å². The summed E-state index contributed by atoms with van der Waals surface area (Å²) in [6, 6.07) is 2.61. The molecule has 3 heterocycles. The van der Waals surface area contributed by atoms with E-state index in [0.717, 1.165) is 11.1 Å². The fraction of sp³-hybridized carbons (Fsp3) is 0.622. The number of methoxy groups -OCH3 is 2. The Labute approximate surface area is 316 Å². The molecule has 4 bridgehead atoms. The van der Waals surface area contributed by atoms with Gasteiger partial charge in [-0.3, -0.25) is 14.9 Å². The summed E-state index contributed by atoms with van der Waals surface area (Å²) in [6.07, 6.45) is 1.69. The summed E-state index contributed by atoms with van der Waals surface area (Å²) in [4.78, 5) is 56.2. The molecule has 2 N–H and O–H groups in total. The number of likely N-dealkylation sites (N-methyl/N-ethyl adjacent to an activating group) is 1. The number of nitrogens with zero attached hydrogens (tertiary/aromatic N) is 2. The second-order valence-electron chi connectivity index (χ2n) is 14.3. The highest BCUT2D eigenvalue weighted by Gasteiger charge is 2.64. The molecule has 0 aliphatic carbocycles. The van der Waals surface area contributed by atoms with Gasteiger partial charge >= 0.3 is 12.1 Å². The molecule has 2 fully saturated rings. The van der Waals surface area contributed by atoms with Crippen LogP contribution >= 0.6 is 24.2 Å². The third-order valence-corrected chi connectivity index (χ3v) is 10.9. The Bertz CT molecular complexity index is 1590. The van der Waals surface area contributed by atoms with Crippen molar-refractivity contribution in [1.82, 2.24) is 10.2 Å². The Kier molecular flexibility index (Phi) is 13.4. The molecule has 15 heteroatoms. The van der Waals surface area contributed by atoms with E-state index in [9.17, 15) is 24.3 Å². The molecule has 1 unspecified atom stereocenters. The average molecular weight is 766 g/mol. The first-order valence-corrected chi connectivity index (χ1v) is 18.3. The number of alkyl carbamates (subject to hydrolysis) is 1. The van der Waals surface area contributed by atoms with Crippen molar-refractivity contribution in [3.05, 3.63) is 46.5 Å². The maximum atomic E-state index is 14.1. The molecule has 0 saturated carbocycles. The lowest BCUT2D eigenvalue weighted by Crippen LogP contribution is -2.63. The summed E-state index contributed by atoms with van der Waals surface area (Å²) in [5.74, 6) is -1.56. The summed E-state index contributed by atoms with van der Waals surface area (Å²) in [5.41, 5.74) is -0.906. The standard InChI is InChI=1S/C37H52ClN3O10S/c1-20-11-10-12-28(48-9)37(46)19-27(49-35(45)39-37)22(3)33-36(5,51-33)29(50-34(44)23(4)40(6)30(42)14-13-21(2)52)18-31(43)41(7)25-16-24(15-20)17-26(47-8)32(25)38/h10-12,16-17,21-23,27-29,33,46,52H,13-15,18-19H2,1-9H3,(H,39,45)/b12-10+,20-11+/t21?,22-,23+,27+,28-,29-,33+,36+,37+/m1/s1. The molecule has 3 aliphatic rings. The monoisotopic (exact) mass is 765 g/mol. The molecular weight excluding hydrogens is 714 g/mol. The van der Waals surface area contributed by atoms with Crippen LogP contribution < -0.4 is 15.0 Å². The number of amides is 3. The van der Waals surface area contributed by atoms with Crippen molar-refractivity contribution < 1.29 is 48.0 Å². The van der Waals surface area contributed by atoms with Crippen molar-refractivity contribution in [2.45, 2.75) is 114 Å². The lowest BCUT2D eigenvalue weighted by Gasteiger charge is -2.42. The van der Waals surface area contributed by atoms with Crippen LogP contribution in [0.25, 0.3) is 0 Å². The summed E-state index contributed by atoms with van der Waals surface area (Å²) in [7, 11) is 6.02. The van der Waals surface area contributed by atoms with Crippen molar-refractivity contribution in [3.8, 4) is 5.75 Å². The Morgan fingerprint density at radius 1 is 1.25 bits per heavy atom. The molecule has 4 rings (SSSR count). The molecular formula is C37H52ClN3O10S. The van der Waals surface area contributed by atoms with Gasteiger partial charge in [-0.15, -0.1) is 0 Å². The highest BCUT2D eigenvalue weighted by molar-refractivity contribution is 7.80. The normalized spacial score (nSPS) is 32.2. The third-order valence-electron chi connectivity index (χ3n) is 10.3. The van der Waals surface area contributed by atoms with Gasteiger partial charge in [-0.25, -0.2) is 9.59 Å². The van der Waals surface area contributed by atoms with Gasteiger partial charge in [0.25, 0.3) is 0 Å². The van der Waals surface area contributed by atoms with Gasteiger partial charge < -0.3 is 38.6 Å². The average Bonchev–Trinajstić information content (AvgIpc) is 3.79. The number of carbonyl (C=O) groups excluding carboxylic acids is 4. The lowest BCUT2D eigenvalue weighted by molar-refractivity contribution is -0.162. The maximum Gasteiger partial charge on any atom is 0.409 e. The Hall–Kier alpha value is -3.30. The first-order chi connectivity index (χ1) is 24.3. The van der Waals surface area contributed by atoms with Gasteiger partial charge in [0.05, 0.1) is 25.3 Å². The molecule has 3 amide bonds. The summed E-state index contributed by atoms with van der Waals surface area (Å²) < 4.78 is 29.2. The minimum Gasteiger partial charge on any atom is -0.495 e. The quantitative estimate of drug-likeness (QED) is 0.194. The van der Waals surface area contributed by atoms with Gasteiger partial charge in [0, 0.05) is 40.0 Å². The van der Waals surface area contributed by atoms with Crippen molar-refractivity contribution in [3.63, 3.8) is 0 Å². The number of thiol groups is 1. The first kappa shape index (κ1) is 41.5. The van der Waals surface area contributed by atoms with Crippen LogP contribution in [-0.4, -0.2) is 109 Å². The van der Waals surface area contributed by atoms with Crippen molar-refractivity contribution in [1.29, 1.82) is 0 Å². The molecule has 9 atom stereocenters. The Morgan fingerprint density at radius 3 is 2.58 bits per heavy atom. The second-order valence-corrected chi connectivity index (χ2v) is 15.6. The van der Waals surface area contributed by atoms with E-state index in [4.69, 9.17) is 35.3 Å². The molecule has 0 radical (unpaired) electrons. The number of fused-ring (bicyclic) bond motifs is 5. The van der Waals surface area contributed by atoms with E-state index >= 15 is 0 Å². The fourth-order valence-corrected chi connectivity index (χ4v) is 7.17. The number of esters is 1. The zero-order chi connectivity index (χ0) is 38.7. The number of allylic oxidation sites excluding steroid dienone is 3. The number of aliphatic hydroxyl groups is 1. The number of benzene rings is 1. The number of halogens is 1. The number of rotatable bonds is 8. The van der Waals surface area contributed by atoms with Crippen LogP contribution in [0.3, 0.4) is 0 Å². The van der Waals surface area contributed by atoms with E-state index in [1.165, 1.54) is 31.1 Å². The van der Waals surface area contributed by atoms with Crippen LogP contribution in [0.5, 0.6) is 5.75 Å². The van der Waals surface area contributed by atoms with Gasteiger partial charge in [-0.2, -0.15) is 12.6 Å². The smallest absolute Gasteiger partial charge is 0.409 e. The number of hydrogen-bond acceptors (Lipinski definition) is 11. The molecule has 0 aromatic heterocycles. The highest BCUT2D eigenvalue weighted by atomic mass is 35.5. The number of carbonyl (C=O) groups is 4. The van der Waals surface area contributed by atoms with Crippen molar-refractivity contribution >= 4 is 53.8 Å². The minimum absolute atomic E-state index is 0.00636. The predicted molar refractivity (Wildman–Crippen MR) is 199 cm³/mol. The van der Waals surface area contributed by atoms with E-state index in [1.807, 2.05) is 19.9 Å². The van der Waals surface area contributed by atoms with Crippen LogP contribution in [0.2, 0.25) is 5.02 Å². The zero-order valence-electron chi connectivity index (χ0n) is 31.3. The third kappa shape index (κ3) is 9.25. The van der Waals surface area contributed by atoms with E-state index in [-0.39, 0.29) is 35.4 Å². The number of hydrogen-bond donors (Lipinski definition) is 3. The maximum absolute atomic E-state index is 14.1. The van der Waals surface area contributed by atoms with Crippen LogP contribution in [-0.2, 0) is 39.8 Å². The molecule has 3 aliphatic heterocycles. The molecule has 0 spiro atoms. The highest BCUT2D eigenvalue weighted by Crippen LogP contribution is 2.49.